The minimum Gasteiger partial charge on any atom is -0.450 e. The molecule has 1 amide bonds. The zero-order valence-corrected chi connectivity index (χ0v) is 16.1. The molecule has 142 valence electrons. The second kappa shape index (κ2) is 20.1. The fourth-order valence-corrected chi connectivity index (χ4v) is 2.88. The molecule has 0 bridgehead atoms. The van der Waals surface area contributed by atoms with Gasteiger partial charge in [-0.3, -0.25) is 0 Å². The van der Waals surface area contributed by atoms with Gasteiger partial charge in [0.05, 0.1) is 6.61 Å². The lowest BCUT2D eigenvalue weighted by Gasteiger charge is -2.02. The maximum Gasteiger partial charge on any atom is 0.404 e. The van der Waals surface area contributed by atoms with E-state index in [1.807, 2.05) is 0 Å². The Balaban J connectivity index is 3.06. The molecule has 0 radical (unpaired) electrons. The van der Waals surface area contributed by atoms with Crippen LogP contribution in [0.4, 0.5) is 4.79 Å². The molecule has 0 saturated carbocycles. The highest BCUT2D eigenvalue weighted by molar-refractivity contribution is 5.64. The molecule has 3 nitrogen and oxygen atoms in total. The first-order valence-corrected chi connectivity index (χ1v) is 10.3. The van der Waals surface area contributed by atoms with Gasteiger partial charge in [0.1, 0.15) is 0 Å². The summed E-state index contributed by atoms with van der Waals surface area (Å²) in [6.07, 6.45) is 24.9. The molecule has 2 N–H and O–H groups in total. The molecule has 0 aromatic carbocycles. The highest BCUT2D eigenvalue weighted by Gasteiger charge is 1.95. The Morgan fingerprint density at radius 1 is 0.708 bits per heavy atom. The van der Waals surface area contributed by atoms with E-state index >= 15 is 0 Å². The van der Waals surface area contributed by atoms with Gasteiger partial charge in [0.2, 0.25) is 0 Å². The number of amides is 1. The summed E-state index contributed by atoms with van der Waals surface area (Å²) >= 11 is 0. The van der Waals surface area contributed by atoms with E-state index in [0.29, 0.717) is 6.61 Å². The minimum atomic E-state index is -0.656. The number of hydrogen-bond donors (Lipinski definition) is 1. The molecule has 0 rings (SSSR count). The van der Waals surface area contributed by atoms with E-state index in [2.05, 4.69) is 19.1 Å². The lowest BCUT2D eigenvalue weighted by atomic mass is 10.1. The maximum absolute atomic E-state index is 10.4. The Morgan fingerprint density at radius 2 is 1.12 bits per heavy atom. The average molecular weight is 340 g/mol. The van der Waals surface area contributed by atoms with Gasteiger partial charge in [-0.2, -0.15) is 0 Å². The Labute approximate surface area is 150 Å². The monoisotopic (exact) mass is 339 g/mol. The molecule has 0 aromatic heterocycles. The van der Waals surface area contributed by atoms with Crippen LogP contribution in [0.5, 0.6) is 0 Å². The Hall–Kier alpha value is -0.990. The van der Waals surface area contributed by atoms with Crippen molar-refractivity contribution in [3.8, 4) is 0 Å². The number of hydrogen-bond acceptors (Lipinski definition) is 2. The standard InChI is InChI=1S/C21H41NO2/c1-2-3-4-5-6-7-8-9-10-11-12-13-14-15-16-17-18-19-20-24-21(22)23/h9-10H,2-8,11-20H2,1H3,(H2,22,23). The fraction of sp³-hybridized carbons (Fsp3) is 0.857. The average Bonchev–Trinajstić information content (AvgIpc) is 2.56. The molecular formula is C21H41NO2. The molecule has 0 aliphatic carbocycles. The Kier molecular flexibility index (Phi) is 19.2. The first-order chi connectivity index (χ1) is 11.8. The minimum absolute atomic E-state index is 0.473. The highest BCUT2D eigenvalue weighted by atomic mass is 16.5. The number of carbonyl (C=O) groups is 1. The summed E-state index contributed by atoms with van der Waals surface area (Å²) in [6, 6.07) is 0. The quantitative estimate of drug-likeness (QED) is 0.218. The van der Waals surface area contributed by atoms with Crippen molar-refractivity contribution in [2.24, 2.45) is 5.73 Å². The predicted molar refractivity (Wildman–Crippen MR) is 104 cm³/mol. The number of carbonyl (C=O) groups excluding carboxylic acids is 1. The van der Waals surface area contributed by atoms with Gasteiger partial charge in [0, 0.05) is 0 Å². The van der Waals surface area contributed by atoms with Gasteiger partial charge in [-0.25, -0.2) is 4.79 Å². The summed E-state index contributed by atoms with van der Waals surface area (Å²) in [4.78, 5) is 10.4. The van der Waals surface area contributed by atoms with Crippen LogP contribution >= 0.6 is 0 Å². The second-order valence-electron chi connectivity index (χ2n) is 6.81. The first-order valence-electron chi connectivity index (χ1n) is 10.3. The van der Waals surface area contributed by atoms with Crippen LogP contribution in [0.2, 0.25) is 0 Å². The Bertz CT molecular complexity index is 290. The van der Waals surface area contributed by atoms with E-state index in [1.54, 1.807) is 0 Å². The number of allylic oxidation sites excluding steroid dienone is 2. The van der Waals surface area contributed by atoms with Crippen molar-refractivity contribution >= 4 is 6.09 Å². The molecule has 0 heterocycles. The van der Waals surface area contributed by atoms with Crippen LogP contribution in [0.15, 0.2) is 12.2 Å². The van der Waals surface area contributed by atoms with Gasteiger partial charge in [0.15, 0.2) is 0 Å². The van der Waals surface area contributed by atoms with E-state index in [4.69, 9.17) is 10.5 Å². The molecule has 3 heteroatoms. The normalized spacial score (nSPS) is 11.2. The molecule has 0 aliphatic rings. The van der Waals surface area contributed by atoms with E-state index in [9.17, 15) is 4.79 Å². The van der Waals surface area contributed by atoms with Crippen LogP contribution < -0.4 is 5.73 Å². The third-order valence-corrected chi connectivity index (χ3v) is 4.40. The summed E-state index contributed by atoms with van der Waals surface area (Å²) in [7, 11) is 0. The molecule has 0 fully saturated rings. The van der Waals surface area contributed by atoms with Crippen LogP contribution in [-0.4, -0.2) is 12.7 Å². The number of unbranched alkanes of at least 4 members (excludes halogenated alkanes) is 14. The van der Waals surface area contributed by atoms with Gasteiger partial charge in [0.25, 0.3) is 0 Å². The van der Waals surface area contributed by atoms with Crippen molar-refractivity contribution in [1.82, 2.24) is 0 Å². The van der Waals surface area contributed by atoms with Gasteiger partial charge in [-0.05, 0) is 32.1 Å². The number of ether oxygens (including phenoxy) is 1. The number of primary amides is 1. The lowest BCUT2D eigenvalue weighted by molar-refractivity contribution is 0.154. The molecule has 0 saturated heterocycles. The highest BCUT2D eigenvalue weighted by Crippen LogP contribution is 2.11. The van der Waals surface area contributed by atoms with Gasteiger partial charge < -0.3 is 10.5 Å². The smallest absolute Gasteiger partial charge is 0.404 e. The maximum atomic E-state index is 10.4. The van der Waals surface area contributed by atoms with Gasteiger partial charge in [-0.15, -0.1) is 0 Å². The topological polar surface area (TPSA) is 52.3 Å². The van der Waals surface area contributed by atoms with Crippen LogP contribution in [0.3, 0.4) is 0 Å². The van der Waals surface area contributed by atoms with E-state index in [-0.39, 0.29) is 0 Å². The Morgan fingerprint density at radius 3 is 1.58 bits per heavy atom. The summed E-state index contributed by atoms with van der Waals surface area (Å²) < 4.78 is 4.70. The van der Waals surface area contributed by atoms with Crippen molar-refractivity contribution in [1.29, 1.82) is 0 Å². The molecule has 24 heavy (non-hydrogen) atoms. The molecule has 0 aliphatic heterocycles. The largest absolute Gasteiger partial charge is 0.450 e. The molecule has 0 aromatic rings. The summed E-state index contributed by atoms with van der Waals surface area (Å²) in [5.74, 6) is 0. The zero-order valence-electron chi connectivity index (χ0n) is 16.1. The number of rotatable bonds is 18. The van der Waals surface area contributed by atoms with Crippen molar-refractivity contribution in [2.45, 2.75) is 110 Å². The predicted octanol–water partition coefficient (Wildman–Crippen LogP) is 6.90. The SMILES string of the molecule is CCCCCCCCC=CCCCCCCCCCCOC(N)=O. The van der Waals surface area contributed by atoms with Crippen LogP contribution in [0.25, 0.3) is 0 Å². The summed E-state index contributed by atoms with van der Waals surface area (Å²) in [6.45, 7) is 2.74. The summed E-state index contributed by atoms with van der Waals surface area (Å²) in [5.41, 5.74) is 4.90. The second-order valence-corrected chi connectivity index (χ2v) is 6.81. The summed E-state index contributed by atoms with van der Waals surface area (Å²) in [5, 5.41) is 0. The molecule has 0 unspecified atom stereocenters. The van der Waals surface area contributed by atoms with Gasteiger partial charge in [-0.1, -0.05) is 89.7 Å². The van der Waals surface area contributed by atoms with Crippen molar-refractivity contribution in [2.75, 3.05) is 6.61 Å². The van der Waals surface area contributed by atoms with Crippen LogP contribution in [0, 0.1) is 0 Å². The van der Waals surface area contributed by atoms with Crippen LogP contribution in [0.1, 0.15) is 110 Å². The van der Waals surface area contributed by atoms with E-state index < -0.39 is 6.09 Å². The van der Waals surface area contributed by atoms with Crippen molar-refractivity contribution in [3.63, 3.8) is 0 Å². The third-order valence-electron chi connectivity index (χ3n) is 4.40. The number of nitrogens with two attached hydrogens (primary N) is 1. The van der Waals surface area contributed by atoms with Crippen molar-refractivity contribution in [3.05, 3.63) is 12.2 Å². The van der Waals surface area contributed by atoms with Crippen LogP contribution in [-0.2, 0) is 4.74 Å². The lowest BCUT2D eigenvalue weighted by Crippen LogP contribution is -2.13. The molecular weight excluding hydrogens is 298 g/mol. The van der Waals surface area contributed by atoms with E-state index in [1.165, 1.54) is 89.9 Å². The fourth-order valence-electron chi connectivity index (χ4n) is 2.88. The first kappa shape index (κ1) is 23.0. The van der Waals surface area contributed by atoms with Gasteiger partial charge >= 0.3 is 6.09 Å². The zero-order chi connectivity index (χ0) is 17.7. The van der Waals surface area contributed by atoms with Crippen molar-refractivity contribution < 1.29 is 9.53 Å². The van der Waals surface area contributed by atoms with E-state index in [0.717, 1.165) is 12.8 Å². The molecule has 0 spiro atoms. The third kappa shape index (κ3) is 21.0. The molecule has 0 atom stereocenters.